The van der Waals surface area contributed by atoms with E-state index in [1.54, 1.807) is 74.1 Å². The molecule has 1 N–H and O–H groups in total. The van der Waals surface area contributed by atoms with Gasteiger partial charge in [-0.2, -0.15) is 5.10 Å². The van der Waals surface area contributed by atoms with E-state index in [2.05, 4.69) is 10.4 Å². The van der Waals surface area contributed by atoms with Crippen LogP contribution in [0.5, 0.6) is 5.75 Å². The maximum Gasteiger partial charge on any atom is 0.343 e. The number of carbonyl (C=O) groups excluding carboxylic acids is 2. The molecular formula is C24H27N5O5. The molecule has 0 saturated carbocycles. The largest absolute Gasteiger partial charge is 0.423 e. The summed E-state index contributed by atoms with van der Waals surface area (Å²) in [5.74, 6) is -0.169. The number of ether oxygens (including phenoxy) is 1. The zero-order valence-corrected chi connectivity index (χ0v) is 19.7. The van der Waals surface area contributed by atoms with Crippen molar-refractivity contribution < 1.29 is 19.2 Å². The van der Waals surface area contributed by atoms with Gasteiger partial charge >= 0.3 is 17.7 Å². The molecule has 10 nitrogen and oxygen atoms in total. The lowest BCUT2D eigenvalue weighted by Gasteiger charge is -2.20. The van der Waals surface area contributed by atoms with Crippen molar-refractivity contribution in [3.8, 4) is 5.75 Å². The Bertz CT molecular complexity index is 1200. The molecule has 34 heavy (non-hydrogen) atoms. The van der Waals surface area contributed by atoms with Gasteiger partial charge in [0, 0.05) is 18.8 Å². The summed E-state index contributed by atoms with van der Waals surface area (Å²) in [6.45, 7) is 7.36. The van der Waals surface area contributed by atoms with Crippen molar-refractivity contribution in [2.75, 3.05) is 11.9 Å². The zero-order chi connectivity index (χ0) is 25.0. The van der Waals surface area contributed by atoms with Gasteiger partial charge in [0.05, 0.1) is 17.0 Å². The molecule has 0 unspecified atom stereocenters. The maximum atomic E-state index is 12.5. The molecule has 0 saturated heterocycles. The van der Waals surface area contributed by atoms with Crippen LogP contribution in [0, 0.1) is 24.0 Å². The van der Waals surface area contributed by atoms with Crippen molar-refractivity contribution in [2.24, 2.45) is 0 Å². The summed E-state index contributed by atoms with van der Waals surface area (Å²) in [5, 5.41) is 18.2. The van der Waals surface area contributed by atoms with Crippen molar-refractivity contribution in [2.45, 2.75) is 40.3 Å². The summed E-state index contributed by atoms with van der Waals surface area (Å²) in [6.07, 6.45) is 0. The second kappa shape index (κ2) is 10.2. The third kappa shape index (κ3) is 5.58. The fraction of sp³-hybridized carbons (Fsp3) is 0.292. The van der Waals surface area contributed by atoms with Gasteiger partial charge in [-0.05, 0) is 69.7 Å². The Kier molecular flexibility index (Phi) is 7.30. The van der Waals surface area contributed by atoms with Crippen molar-refractivity contribution >= 4 is 23.4 Å². The second-order valence-corrected chi connectivity index (χ2v) is 8.18. The molecule has 10 heteroatoms. The standard InChI is InChI=1S/C24H27N5O5/c1-15(2)25-24(31)27(5)20-10-12-21(13-11-20)34-23(30)19-8-6-18(7-9-19)14-28-17(4)22(29(32)33)16(3)26-28/h6-13,15H,14H2,1-5H3,(H,25,31). The first kappa shape index (κ1) is 24.4. The van der Waals surface area contributed by atoms with Crippen LogP contribution in [-0.4, -0.2) is 39.8 Å². The van der Waals surface area contributed by atoms with Gasteiger partial charge in [0.2, 0.25) is 0 Å². The number of anilines is 1. The van der Waals surface area contributed by atoms with Crippen LogP contribution < -0.4 is 15.0 Å². The Labute approximate surface area is 197 Å². The number of nitrogens with one attached hydrogen (secondary N) is 1. The fourth-order valence-corrected chi connectivity index (χ4v) is 3.39. The number of amides is 2. The van der Waals surface area contributed by atoms with Gasteiger partial charge in [0.25, 0.3) is 0 Å². The van der Waals surface area contributed by atoms with E-state index in [1.165, 1.54) is 4.90 Å². The van der Waals surface area contributed by atoms with Crippen LogP contribution in [-0.2, 0) is 6.54 Å². The fourth-order valence-electron chi connectivity index (χ4n) is 3.39. The van der Waals surface area contributed by atoms with Gasteiger partial charge < -0.3 is 10.1 Å². The number of nitrogens with zero attached hydrogens (tertiary/aromatic N) is 4. The van der Waals surface area contributed by atoms with E-state index >= 15 is 0 Å². The number of esters is 1. The number of urea groups is 1. The zero-order valence-electron chi connectivity index (χ0n) is 19.7. The van der Waals surface area contributed by atoms with Gasteiger partial charge in [0.15, 0.2) is 0 Å². The third-order valence-corrected chi connectivity index (χ3v) is 5.20. The van der Waals surface area contributed by atoms with E-state index in [-0.39, 0.29) is 17.8 Å². The molecule has 1 heterocycles. The number of hydrogen-bond donors (Lipinski definition) is 1. The lowest BCUT2D eigenvalue weighted by molar-refractivity contribution is -0.386. The minimum atomic E-state index is -0.521. The molecule has 0 radical (unpaired) electrons. The van der Waals surface area contributed by atoms with Crippen molar-refractivity contribution in [3.05, 3.63) is 81.2 Å². The highest BCUT2D eigenvalue weighted by Gasteiger charge is 2.21. The first-order chi connectivity index (χ1) is 16.1. The minimum absolute atomic E-state index is 0.0120. The maximum absolute atomic E-state index is 12.5. The first-order valence-corrected chi connectivity index (χ1v) is 10.7. The Balaban J connectivity index is 1.63. The van der Waals surface area contributed by atoms with Gasteiger partial charge in [-0.25, -0.2) is 9.59 Å². The molecule has 1 aromatic heterocycles. The summed E-state index contributed by atoms with van der Waals surface area (Å²) in [6, 6.07) is 13.2. The minimum Gasteiger partial charge on any atom is -0.423 e. The van der Waals surface area contributed by atoms with Crippen molar-refractivity contribution in [3.63, 3.8) is 0 Å². The summed E-state index contributed by atoms with van der Waals surface area (Å²) in [4.78, 5) is 36.8. The Morgan fingerprint density at radius 2 is 1.74 bits per heavy atom. The smallest absolute Gasteiger partial charge is 0.343 e. The molecular weight excluding hydrogens is 438 g/mol. The normalized spacial score (nSPS) is 10.8. The summed E-state index contributed by atoms with van der Waals surface area (Å²) < 4.78 is 7.00. The molecule has 178 valence electrons. The van der Waals surface area contributed by atoms with E-state index in [1.807, 2.05) is 13.8 Å². The third-order valence-electron chi connectivity index (χ3n) is 5.20. The van der Waals surface area contributed by atoms with Crippen LogP contribution in [0.2, 0.25) is 0 Å². The van der Waals surface area contributed by atoms with E-state index < -0.39 is 10.9 Å². The second-order valence-electron chi connectivity index (χ2n) is 8.18. The van der Waals surface area contributed by atoms with Gasteiger partial charge in [-0.1, -0.05) is 12.1 Å². The van der Waals surface area contributed by atoms with Crippen LogP contribution in [0.25, 0.3) is 0 Å². The number of aromatic nitrogens is 2. The van der Waals surface area contributed by atoms with Gasteiger partial charge in [0.1, 0.15) is 17.1 Å². The van der Waals surface area contributed by atoms with Gasteiger partial charge in [-0.3, -0.25) is 19.7 Å². The molecule has 0 aliphatic carbocycles. The molecule has 0 aliphatic heterocycles. The average molecular weight is 466 g/mol. The molecule has 3 aromatic rings. The van der Waals surface area contributed by atoms with Crippen LogP contribution in [0.15, 0.2) is 48.5 Å². The Morgan fingerprint density at radius 3 is 2.26 bits per heavy atom. The molecule has 0 fully saturated rings. The number of rotatable bonds is 7. The molecule has 0 spiro atoms. The summed E-state index contributed by atoms with van der Waals surface area (Å²) in [7, 11) is 1.66. The number of nitro groups is 1. The lowest BCUT2D eigenvalue weighted by atomic mass is 10.1. The topological polar surface area (TPSA) is 120 Å². The Morgan fingerprint density at radius 1 is 1.12 bits per heavy atom. The number of aryl methyl sites for hydroxylation is 1. The van der Waals surface area contributed by atoms with Crippen LogP contribution in [0.4, 0.5) is 16.2 Å². The number of benzene rings is 2. The van der Waals surface area contributed by atoms with Crippen molar-refractivity contribution in [1.29, 1.82) is 0 Å². The predicted molar refractivity (Wildman–Crippen MR) is 127 cm³/mol. The highest BCUT2D eigenvalue weighted by molar-refractivity contribution is 5.92. The summed E-state index contributed by atoms with van der Waals surface area (Å²) >= 11 is 0. The van der Waals surface area contributed by atoms with E-state index in [9.17, 15) is 19.7 Å². The number of hydrogen-bond acceptors (Lipinski definition) is 6. The van der Waals surface area contributed by atoms with Crippen molar-refractivity contribution in [1.82, 2.24) is 15.1 Å². The SMILES string of the molecule is Cc1nn(Cc2ccc(C(=O)Oc3ccc(N(C)C(=O)NC(C)C)cc3)cc2)c(C)c1[N+](=O)[O-]. The quantitative estimate of drug-likeness (QED) is 0.241. The first-order valence-electron chi connectivity index (χ1n) is 10.7. The molecule has 0 bridgehead atoms. The van der Waals surface area contributed by atoms with Crippen LogP contribution >= 0.6 is 0 Å². The predicted octanol–water partition coefficient (Wildman–Crippen LogP) is 4.23. The van der Waals surface area contributed by atoms with Gasteiger partial charge in [-0.15, -0.1) is 0 Å². The summed E-state index contributed by atoms with van der Waals surface area (Å²) in [5.41, 5.74) is 2.71. The monoisotopic (exact) mass is 465 g/mol. The molecule has 0 atom stereocenters. The van der Waals surface area contributed by atoms with E-state index in [0.29, 0.717) is 34.9 Å². The van der Waals surface area contributed by atoms with E-state index in [0.717, 1.165) is 5.56 Å². The molecule has 2 aromatic carbocycles. The number of carbonyl (C=O) groups is 2. The van der Waals surface area contributed by atoms with Crippen LogP contribution in [0.1, 0.15) is 41.2 Å². The molecule has 0 aliphatic rings. The molecule has 2 amide bonds. The highest BCUT2D eigenvalue weighted by atomic mass is 16.6. The Hall–Kier alpha value is -4.21. The lowest BCUT2D eigenvalue weighted by Crippen LogP contribution is -2.40. The average Bonchev–Trinajstić information content (AvgIpc) is 3.06. The van der Waals surface area contributed by atoms with E-state index in [4.69, 9.17) is 4.74 Å². The highest BCUT2D eigenvalue weighted by Crippen LogP contribution is 2.23. The molecule has 3 rings (SSSR count). The van der Waals surface area contributed by atoms with Crippen LogP contribution in [0.3, 0.4) is 0 Å².